The molecule has 24 heavy (non-hydrogen) atoms. The minimum Gasteiger partial charge on any atom is -0.462 e. The second kappa shape index (κ2) is 13.8. The highest BCUT2D eigenvalue weighted by molar-refractivity contribution is 5.66. The molecule has 0 saturated heterocycles. The van der Waals surface area contributed by atoms with Gasteiger partial charge in [-0.2, -0.15) is 0 Å². The number of carbonyl (C=O) groups excluding carboxylic acids is 1. The zero-order chi connectivity index (χ0) is 18.4. The fourth-order valence-corrected chi connectivity index (χ4v) is 2.29. The van der Waals surface area contributed by atoms with Crippen molar-refractivity contribution in [2.45, 2.75) is 80.1 Å². The van der Waals surface area contributed by atoms with Crippen LogP contribution in [0.15, 0.2) is 46.6 Å². The van der Waals surface area contributed by atoms with Gasteiger partial charge in [-0.15, -0.1) is 0 Å². The Hall–Kier alpha value is -1.57. The Morgan fingerprint density at radius 3 is 1.50 bits per heavy atom. The van der Waals surface area contributed by atoms with Crippen LogP contribution in [0.5, 0.6) is 0 Å². The molecule has 0 aliphatic carbocycles. The Morgan fingerprint density at radius 2 is 1.08 bits per heavy atom. The molecule has 0 aromatic rings. The number of carbonyl (C=O) groups is 1. The van der Waals surface area contributed by atoms with Gasteiger partial charge in [-0.05, 0) is 79.2 Å². The van der Waals surface area contributed by atoms with E-state index in [1.165, 1.54) is 35.6 Å². The van der Waals surface area contributed by atoms with E-state index in [1.807, 2.05) is 6.08 Å². The van der Waals surface area contributed by atoms with E-state index < -0.39 is 0 Å². The summed E-state index contributed by atoms with van der Waals surface area (Å²) in [5, 5.41) is 0. The van der Waals surface area contributed by atoms with Gasteiger partial charge >= 0.3 is 5.97 Å². The normalized spacial score (nSPS) is 13.0. The molecule has 0 amide bonds. The third kappa shape index (κ3) is 15.3. The van der Waals surface area contributed by atoms with Crippen LogP contribution in [0.2, 0.25) is 0 Å². The predicted octanol–water partition coefficient (Wildman–Crippen LogP) is 6.70. The van der Waals surface area contributed by atoms with Crippen LogP contribution in [0.25, 0.3) is 0 Å². The molecule has 136 valence electrons. The largest absolute Gasteiger partial charge is 0.462 e. The fraction of sp³-hybridized carbons (Fsp3) is 0.591. The zero-order valence-corrected chi connectivity index (χ0v) is 16.6. The Kier molecular flexibility index (Phi) is 12.9. The summed E-state index contributed by atoms with van der Waals surface area (Å²) in [7, 11) is 0. The molecule has 0 atom stereocenters. The highest BCUT2D eigenvalue weighted by atomic mass is 16.5. The molecule has 0 radical (unpaired) electrons. The molecule has 0 aliphatic rings. The molecule has 0 bridgehead atoms. The summed E-state index contributed by atoms with van der Waals surface area (Å²) in [6.45, 7) is 12.7. The minimum atomic E-state index is -0.223. The van der Waals surface area contributed by atoms with Crippen LogP contribution >= 0.6 is 0 Å². The summed E-state index contributed by atoms with van der Waals surface area (Å²) in [4.78, 5) is 10.7. The summed E-state index contributed by atoms with van der Waals surface area (Å²) in [5.74, 6) is -0.223. The highest BCUT2D eigenvalue weighted by Crippen LogP contribution is 2.13. The average molecular weight is 333 g/mol. The molecule has 2 heteroatoms. The third-order valence-electron chi connectivity index (χ3n) is 3.87. The predicted molar refractivity (Wildman–Crippen MR) is 105 cm³/mol. The molecule has 0 saturated carbocycles. The van der Waals surface area contributed by atoms with E-state index in [1.54, 1.807) is 0 Å². The van der Waals surface area contributed by atoms with E-state index in [2.05, 4.69) is 52.8 Å². The van der Waals surface area contributed by atoms with Crippen molar-refractivity contribution in [2.24, 2.45) is 0 Å². The molecule has 0 N–H and O–H groups in total. The molecule has 0 rings (SSSR count). The molecule has 0 aliphatic heterocycles. The quantitative estimate of drug-likeness (QED) is 0.311. The van der Waals surface area contributed by atoms with Gasteiger partial charge in [-0.3, -0.25) is 4.79 Å². The Morgan fingerprint density at radius 1 is 0.667 bits per heavy atom. The van der Waals surface area contributed by atoms with Crippen LogP contribution in [-0.4, -0.2) is 12.6 Å². The van der Waals surface area contributed by atoms with Gasteiger partial charge in [-0.1, -0.05) is 40.5 Å². The standard InChI is InChI=1S/C22H36O2/c1-18(2)10-7-11-19(3)12-8-13-20(4)14-9-15-21(5)16-17-24-22(6)23/h10,12,14,16H,7-9,11,13,15,17H2,1-6H3/b19-12+,20-14+,21-16-. The van der Waals surface area contributed by atoms with Crippen LogP contribution < -0.4 is 0 Å². The second-order valence-corrected chi connectivity index (χ2v) is 6.85. The van der Waals surface area contributed by atoms with Gasteiger partial charge in [0.25, 0.3) is 0 Å². The molecule has 0 fully saturated rings. The smallest absolute Gasteiger partial charge is 0.302 e. The van der Waals surface area contributed by atoms with Crippen molar-refractivity contribution in [3.8, 4) is 0 Å². The molecule has 2 nitrogen and oxygen atoms in total. The van der Waals surface area contributed by atoms with Crippen LogP contribution in [0.4, 0.5) is 0 Å². The van der Waals surface area contributed by atoms with Crippen LogP contribution in [0, 0.1) is 0 Å². The van der Waals surface area contributed by atoms with Gasteiger partial charge in [0, 0.05) is 6.92 Å². The van der Waals surface area contributed by atoms with Crippen LogP contribution in [0.3, 0.4) is 0 Å². The lowest BCUT2D eigenvalue weighted by molar-refractivity contribution is -0.139. The SMILES string of the molecule is CC(=O)OC/C=C(/C)CC/C=C(\C)CC/C=C(\C)CCC=C(C)C. The Balaban J connectivity index is 3.98. The molecule has 0 unspecified atom stereocenters. The lowest BCUT2D eigenvalue weighted by Gasteiger charge is -2.03. The second-order valence-electron chi connectivity index (χ2n) is 6.85. The van der Waals surface area contributed by atoms with Gasteiger partial charge in [0.2, 0.25) is 0 Å². The number of hydrogen-bond donors (Lipinski definition) is 0. The van der Waals surface area contributed by atoms with Crippen LogP contribution in [0.1, 0.15) is 80.1 Å². The molecular formula is C22H36O2. The summed E-state index contributed by atoms with van der Waals surface area (Å²) >= 11 is 0. The Labute approximate surface area is 149 Å². The minimum absolute atomic E-state index is 0.223. The first-order valence-electron chi connectivity index (χ1n) is 9.05. The van der Waals surface area contributed by atoms with E-state index >= 15 is 0 Å². The van der Waals surface area contributed by atoms with Gasteiger partial charge in [-0.25, -0.2) is 0 Å². The lowest BCUT2D eigenvalue weighted by Crippen LogP contribution is -1.98. The number of esters is 1. The molecular weight excluding hydrogens is 296 g/mol. The molecule has 0 spiro atoms. The third-order valence-corrected chi connectivity index (χ3v) is 3.87. The van der Waals surface area contributed by atoms with Gasteiger partial charge < -0.3 is 4.74 Å². The molecule has 0 heterocycles. The van der Waals surface area contributed by atoms with Crippen molar-refractivity contribution in [3.05, 3.63) is 46.6 Å². The van der Waals surface area contributed by atoms with Gasteiger partial charge in [0.1, 0.15) is 6.61 Å². The zero-order valence-electron chi connectivity index (χ0n) is 16.6. The fourth-order valence-electron chi connectivity index (χ4n) is 2.29. The number of rotatable bonds is 11. The average Bonchev–Trinajstić information content (AvgIpc) is 2.46. The number of allylic oxidation sites excluding steroid dienone is 7. The Bertz CT molecular complexity index is 486. The summed E-state index contributed by atoms with van der Waals surface area (Å²) in [5.41, 5.74) is 5.62. The summed E-state index contributed by atoms with van der Waals surface area (Å²) < 4.78 is 4.92. The van der Waals surface area contributed by atoms with E-state index in [0.29, 0.717) is 6.61 Å². The van der Waals surface area contributed by atoms with Crippen molar-refractivity contribution in [1.29, 1.82) is 0 Å². The topological polar surface area (TPSA) is 26.3 Å². The van der Waals surface area contributed by atoms with E-state index in [0.717, 1.165) is 32.1 Å². The van der Waals surface area contributed by atoms with Crippen molar-refractivity contribution in [2.75, 3.05) is 6.61 Å². The summed E-state index contributed by atoms with van der Waals surface area (Å²) in [6, 6.07) is 0. The van der Waals surface area contributed by atoms with Gasteiger partial charge in [0.15, 0.2) is 0 Å². The first kappa shape index (κ1) is 22.4. The first-order chi connectivity index (χ1) is 11.3. The van der Waals surface area contributed by atoms with Crippen molar-refractivity contribution < 1.29 is 9.53 Å². The molecule has 0 aromatic heterocycles. The van der Waals surface area contributed by atoms with E-state index in [4.69, 9.17) is 4.74 Å². The maximum absolute atomic E-state index is 10.7. The highest BCUT2D eigenvalue weighted by Gasteiger charge is 1.94. The summed E-state index contributed by atoms with van der Waals surface area (Å²) in [6.07, 6.45) is 15.7. The van der Waals surface area contributed by atoms with Crippen molar-refractivity contribution >= 4 is 5.97 Å². The first-order valence-corrected chi connectivity index (χ1v) is 9.05. The molecule has 0 aromatic carbocycles. The number of ether oxygens (including phenoxy) is 1. The monoisotopic (exact) mass is 332 g/mol. The maximum atomic E-state index is 10.7. The number of hydrogen-bond acceptors (Lipinski definition) is 2. The maximum Gasteiger partial charge on any atom is 0.302 e. The van der Waals surface area contributed by atoms with Gasteiger partial charge in [0.05, 0.1) is 0 Å². The van der Waals surface area contributed by atoms with Crippen LogP contribution in [-0.2, 0) is 9.53 Å². The lowest BCUT2D eigenvalue weighted by atomic mass is 10.0. The van der Waals surface area contributed by atoms with Crippen molar-refractivity contribution in [3.63, 3.8) is 0 Å². The van der Waals surface area contributed by atoms with E-state index in [9.17, 15) is 4.79 Å². The van der Waals surface area contributed by atoms with Crippen molar-refractivity contribution in [1.82, 2.24) is 0 Å². The van der Waals surface area contributed by atoms with E-state index in [-0.39, 0.29) is 5.97 Å².